The Kier molecular flexibility index (Phi) is 9.43. The average molecular weight is 479 g/mol. The fourth-order valence-corrected chi connectivity index (χ4v) is 4.48. The molecule has 0 aliphatic carbocycles. The van der Waals surface area contributed by atoms with Crippen LogP contribution < -0.4 is 5.32 Å². The third-order valence-corrected chi connectivity index (χ3v) is 6.40. The van der Waals surface area contributed by atoms with Crippen molar-refractivity contribution < 1.29 is 9.90 Å². The Hall–Kier alpha value is -3.73. The van der Waals surface area contributed by atoms with Gasteiger partial charge in [-0.1, -0.05) is 121 Å². The molecule has 0 radical (unpaired) electrons. The zero-order valence-electron chi connectivity index (χ0n) is 20.5. The second kappa shape index (κ2) is 13.4. The fraction of sp³-hybridized carbons (Fsp3) is 0.219. The van der Waals surface area contributed by atoms with E-state index in [1.807, 2.05) is 84.9 Å². The lowest BCUT2D eigenvalue weighted by atomic mass is 9.97. The molecule has 1 amide bonds. The van der Waals surface area contributed by atoms with E-state index in [-0.39, 0.29) is 5.91 Å². The van der Waals surface area contributed by atoms with Gasteiger partial charge in [-0.15, -0.1) is 0 Å². The van der Waals surface area contributed by atoms with E-state index >= 15 is 0 Å². The lowest BCUT2D eigenvalue weighted by Gasteiger charge is -2.35. The minimum absolute atomic E-state index is 0.335. The predicted molar refractivity (Wildman–Crippen MR) is 145 cm³/mol. The maximum Gasteiger partial charge on any atom is 0.250 e. The molecule has 2 N–H and O–H groups in total. The van der Waals surface area contributed by atoms with Crippen LogP contribution in [0.25, 0.3) is 0 Å². The number of rotatable bonds is 12. The van der Waals surface area contributed by atoms with Crippen molar-refractivity contribution in [1.29, 1.82) is 0 Å². The largest absolute Gasteiger partial charge is 0.382 e. The summed E-state index contributed by atoms with van der Waals surface area (Å²) in [6.45, 7) is 1.73. The molecule has 0 saturated heterocycles. The van der Waals surface area contributed by atoms with Gasteiger partial charge in [-0.25, -0.2) is 0 Å². The SMILES string of the molecule is O=C(NCCc1ccccc1)C(O)C(Cc1ccccc1)N(Cc1ccccc1)Cc1ccccc1. The number of carbonyl (C=O) groups is 1. The van der Waals surface area contributed by atoms with Crippen molar-refractivity contribution in [3.63, 3.8) is 0 Å². The molecule has 0 spiro atoms. The summed E-state index contributed by atoms with van der Waals surface area (Å²) in [4.78, 5) is 15.4. The Labute approximate surface area is 214 Å². The first-order valence-electron chi connectivity index (χ1n) is 12.5. The number of benzene rings is 4. The standard InChI is InChI=1S/C32H34N2O2/c35-31(32(36)33-22-21-26-13-5-1-6-14-26)30(23-27-15-7-2-8-16-27)34(24-28-17-9-3-10-18-28)25-29-19-11-4-12-20-29/h1-20,30-31,35H,21-25H2,(H,33,36). The van der Waals surface area contributed by atoms with Gasteiger partial charge in [0.05, 0.1) is 0 Å². The summed E-state index contributed by atoms with van der Waals surface area (Å²) in [5.41, 5.74) is 4.53. The highest BCUT2D eigenvalue weighted by molar-refractivity contribution is 5.81. The van der Waals surface area contributed by atoms with E-state index in [1.165, 1.54) is 0 Å². The van der Waals surface area contributed by atoms with E-state index < -0.39 is 12.1 Å². The number of aliphatic hydroxyl groups excluding tert-OH is 1. The minimum Gasteiger partial charge on any atom is -0.382 e. The Morgan fingerprint density at radius 3 is 1.53 bits per heavy atom. The third kappa shape index (κ3) is 7.64. The number of nitrogens with zero attached hydrogens (tertiary/aromatic N) is 1. The van der Waals surface area contributed by atoms with E-state index in [0.717, 1.165) is 28.7 Å². The number of hydrogen-bond acceptors (Lipinski definition) is 3. The van der Waals surface area contributed by atoms with Gasteiger partial charge in [0, 0.05) is 25.7 Å². The molecule has 2 unspecified atom stereocenters. The molecular weight excluding hydrogens is 444 g/mol. The zero-order valence-corrected chi connectivity index (χ0v) is 20.5. The second-order valence-electron chi connectivity index (χ2n) is 9.10. The van der Waals surface area contributed by atoms with Crippen molar-refractivity contribution in [3.05, 3.63) is 144 Å². The highest BCUT2D eigenvalue weighted by atomic mass is 16.3. The molecule has 0 saturated carbocycles. The van der Waals surface area contributed by atoms with Crippen LogP contribution in [0.1, 0.15) is 22.3 Å². The van der Waals surface area contributed by atoms with Gasteiger partial charge in [-0.2, -0.15) is 0 Å². The van der Waals surface area contributed by atoms with Crippen LogP contribution in [0.2, 0.25) is 0 Å². The highest BCUT2D eigenvalue weighted by Crippen LogP contribution is 2.20. The van der Waals surface area contributed by atoms with E-state index in [2.05, 4.69) is 46.6 Å². The molecule has 4 rings (SSSR count). The van der Waals surface area contributed by atoms with Crippen molar-refractivity contribution in [2.45, 2.75) is 38.1 Å². The highest BCUT2D eigenvalue weighted by Gasteiger charge is 2.31. The van der Waals surface area contributed by atoms with Crippen molar-refractivity contribution in [1.82, 2.24) is 10.2 Å². The Morgan fingerprint density at radius 2 is 1.06 bits per heavy atom. The van der Waals surface area contributed by atoms with Crippen molar-refractivity contribution in [3.8, 4) is 0 Å². The Balaban J connectivity index is 1.55. The van der Waals surface area contributed by atoms with E-state index in [0.29, 0.717) is 26.1 Å². The van der Waals surface area contributed by atoms with Crippen molar-refractivity contribution in [2.24, 2.45) is 0 Å². The van der Waals surface area contributed by atoms with E-state index in [1.54, 1.807) is 0 Å². The maximum atomic E-state index is 13.2. The number of hydrogen-bond donors (Lipinski definition) is 2. The summed E-state index contributed by atoms with van der Waals surface area (Å²) in [6, 6.07) is 40.2. The average Bonchev–Trinajstić information content (AvgIpc) is 2.93. The Morgan fingerprint density at radius 1 is 0.639 bits per heavy atom. The molecule has 184 valence electrons. The van der Waals surface area contributed by atoms with Crippen molar-refractivity contribution in [2.75, 3.05) is 6.54 Å². The van der Waals surface area contributed by atoms with Crippen LogP contribution in [0.3, 0.4) is 0 Å². The number of carbonyl (C=O) groups excluding carboxylic acids is 1. The topological polar surface area (TPSA) is 52.6 Å². The molecule has 0 fully saturated rings. The van der Waals surface area contributed by atoms with Crippen LogP contribution in [0.4, 0.5) is 0 Å². The van der Waals surface area contributed by atoms with Crippen LogP contribution in [0.5, 0.6) is 0 Å². The van der Waals surface area contributed by atoms with Gasteiger partial charge < -0.3 is 10.4 Å². The zero-order chi connectivity index (χ0) is 25.0. The summed E-state index contributed by atoms with van der Waals surface area (Å²) < 4.78 is 0. The van der Waals surface area contributed by atoms with Gasteiger partial charge in [-0.3, -0.25) is 9.69 Å². The van der Waals surface area contributed by atoms with Gasteiger partial charge in [-0.05, 0) is 35.1 Å². The summed E-state index contributed by atoms with van der Waals surface area (Å²) >= 11 is 0. The molecule has 0 aromatic heterocycles. The second-order valence-corrected chi connectivity index (χ2v) is 9.10. The molecule has 0 aliphatic rings. The fourth-order valence-electron chi connectivity index (χ4n) is 4.48. The van der Waals surface area contributed by atoms with Crippen molar-refractivity contribution >= 4 is 5.91 Å². The molecule has 0 bridgehead atoms. The number of aliphatic hydroxyl groups is 1. The summed E-state index contributed by atoms with van der Waals surface area (Å²) in [5.74, 6) is -0.335. The first-order chi connectivity index (χ1) is 17.7. The monoisotopic (exact) mass is 478 g/mol. The van der Waals surface area contributed by atoms with Gasteiger partial charge in [0.2, 0.25) is 0 Å². The first kappa shape index (κ1) is 25.4. The Bertz CT molecular complexity index is 1130. The van der Waals surface area contributed by atoms with Gasteiger partial charge in [0.1, 0.15) is 6.10 Å². The molecule has 36 heavy (non-hydrogen) atoms. The molecule has 0 aliphatic heterocycles. The summed E-state index contributed by atoms with van der Waals surface area (Å²) in [5, 5.41) is 14.4. The molecule has 4 aromatic carbocycles. The number of nitrogens with one attached hydrogen (secondary N) is 1. The third-order valence-electron chi connectivity index (χ3n) is 6.40. The molecule has 4 nitrogen and oxygen atoms in total. The molecule has 4 aromatic rings. The minimum atomic E-state index is -1.17. The molecule has 2 atom stereocenters. The number of amides is 1. The summed E-state index contributed by atoms with van der Waals surface area (Å²) in [6.07, 6.45) is 0.113. The van der Waals surface area contributed by atoms with Gasteiger partial charge >= 0.3 is 0 Å². The summed E-state index contributed by atoms with van der Waals surface area (Å²) in [7, 11) is 0. The quantitative estimate of drug-likeness (QED) is 0.301. The predicted octanol–water partition coefficient (Wildman–Crippen LogP) is 5.02. The molecule has 0 heterocycles. The van der Waals surface area contributed by atoms with E-state index in [9.17, 15) is 9.90 Å². The van der Waals surface area contributed by atoms with Gasteiger partial charge in [0.15, 0.2) is 0 Å². The van der Waals surface area contributed by atoms with Crippen LogP contribution in [0, 0.1) is 0 Å². The van der Waals surface area contributed by atoms with E-state index in [4.69, 9.17) is 0 Å². The molecular formula is C32H34N2O2. The van der Waals surface area contributed by atoms with Crippen LogP contribution >= 0.6 is 0 Å². The van der Waals surface area contributed by atoms with Gasteiger partial charge in [0.25, 0.3) is 5.91 Å². The van der Waals surface area contributed by atoms with Crippen LogP contribution in [0.15, 0.2) is 121 Å². The van der Waals surface area contributed by atoms with Crippen LogP contribution in [-0.2, 0) is 30.7 Å². The molecule has 4 heteroatoms. The first-order valence-corrected chi connectivity index (χ1v) is 12.5. The van der Waals surface area contributed by atoms with Crippen LogP contribution in [-0.4, -0.2) is 34.6 Å². The maximum absolute atomic E-state index is 13.2. The lowest BCUT2D eigenvalue weighted by Crippen LogP contribution is -2.51. The lowest BCUT2D eigenvalue weighted by molar-refractivity contribution is -0.133. The normalized spacial score (nSPS) is 12.7. The smallest absolute Gasteiger partial charge is 0.250 e.